The number of carbonyl (C=O) groups is 1. The van der Waals surface area contributed by atoms with Gasteiger partial charge in [-0.2, -0.15) is 0 Å². The highest BCUT2D eigenvalue weighted by atomic mass is 16.2. The van der Waals surface area contributed by atoms with Crippen molar-refractivity contribution in [3.63, 3.8) is 0 Å². The van der Waals surface area contributed by atoms with E-state index in [0.29, 0.717) is 24.5 Å². The highest BCUT2D eigenvalue weighted by molar-refractivity contribution is 5.78. The maximum absolute atomic E-state index is 13.0. The molecule has 130 valence electrons. The molecule has 1 aromatic rings. The molecule has 3 aliphatic rings. The molecule has 0 N–H and O–H groups in total. The van der Waals surface area contributed by atoms with Crippen LogP contribution in [0.1, 0.15) is 62.1 Å². The zero-order valence-corrected chi connectivity index (χ0v) is 14.9. The molecular weight excluding hydrogens is 296 g/mol. The quantitative estimate of drug-likeness (QED) is 0.844. The summed E-state index contributed by atoms with van der Waals surface area (Å²) in [6, 6.07) is 9.68. The van der Waals surface area contributed by atoms with E-state index in [1.165, 1.54) is 49.7 Å². The van der Waals surface area contributed by atoms with Crippen LogP contribution in [0.15, 0.2) is 24.3 Å². The van der Waals surface area contributed by atoms with Gasteiger partial charge in [-0.25, -0.2) is 0 Å². The van der Waals surface area contributed by atoms with Crippen LogP contribution >= 0.6 is 0 Å². The zero-order valence-electron chi connectivity index (χ0n) is 14.9. The van der Waals surface area contributed by atoms with Crippen LogP contribution in [-0.4, -0.2) is 41.9 Å². The molecule has 0 bridgehead atoms. The van der Waals surface area contributed by atoms with Gasteiger partial charge in [-0.05, 0) is 62.6 Å². The number of likely N-dealkylation sites (tertiary alicyclic amines) is 1. The Morgan fingerprint density at radius 1 is 1.12 bits per heavy atom. The molecule has 2 aliphatic carbocycles. The normalized spacial score (nSPS) is 29.4. The van der Waals surface area contributed by atoms with Crippen LogP contribution in [-0.2, 0) is 11.2 Å². The molecule has 3 heteroatoms. The first kappa shape index (κ1) is 16.1. The van der Waals surface area contributed by atoms with Crippen LogP contribution in [0.3, 0.4) is 0 Å². The Morgan fingerprint density at radius 2 is 1.92 bits per heavy atom. The molecule has 2 fully saturated rings. The van der Waals surface area contributed by atoms with Gasteiger partial charge >= 0.3 is 0 Å². The summed E-state index contributed by atoms with van der Waals surface area (Å²) in [5.74, 6) is 1.13. The van der Waals surface area contributed by atoms with Crippen LogP contribution in [0, 0.1) is 5.92 Å². The number of nitrogens with zero attached hydrogens (tertiary/aromatic N) is 2. The van der Waals surface area contributed by atoms with Gasteiger partial charge in [0.25, 0.3) is 0 Å². The molecule has 4 rings (SSSR count). The maximum Gasteiger partial charge on any atom is 0.237 e. The van der Waals surface area contributed by atoms with Crippen molar-refractivity contribution in [1.29, 1.82) is 0 Å². The average Bonchev–Trinajstić information content (AvgIpc) is 3.05. The third kappa shape index (κ3) is 2.99. The van der Waals surface area contributed by atoms with Gasteiger partial charge in [0.1, 0.15) is 0 Å². The molecule has 1 aliphatic heterocycles. The molecule has 3 atom stereocenters. The predicted molar refractivity (Wildman–Crippen MR) is 96.8 cm³/mol. The molecular formula is C21H30N2O. The van der Waals surface area contributed by atoms with E-state index in [0.717, 1.165) is 25.3 Å². The number of fused-ring (bicyclic) bond motifs is 2. The summed E-state index contributed by atoms with van der Waals surface area (Å²) < 4.78 is 0. The van der Waals surface area contributed by atoms with Gasteiger partial charge in [-0.15, -0.1) is 0 Å². The van der Waals surface area contributed by atoms with E-state index < -0.39 is 0 Å². The minimum absolute atomic E-state index is 0.360. The van der Waals surface area contributed by atoms with Crippen molar-refractivity contribution in [1.82, 2.24) is 9.80 Å². The number of amides is 1. The Balaban J connectivity index is 1.42. The van der Waals surface area contributed by atoms with E-state index in [2.05, 4.69) is 41.1 Å². The van der Waals surface area contributed by atoms with Crippen LogP contribution in [0.5, 0.6) is 0 Å². The molecule has 1 saturated carbocycles. The van der Waals surface area contributed by atoms with E-state index in [1.807, 2.05) is 0 Å². The Bertz CT molecular complexity index is 597. The Kier molecular flexibility index (Phi) is 4.62. The van der Waals surface area contributed by atoms with Crippen molar-refractivity contribution in [2.24, 2.45) is 5.92 Å². The fourth-order valence-corrected chi connectivity index (χ4v) is 5.34. The lowest BCUT2D eigenvalue weighted by atomic mass is 9.78. The van der Waals surface area contributed by atoms with Gasteiger partial charge in [-0.1, -0.05) is 37.1 Å². The monoisotopic (exact) mass is 326 g/mol. The number of rotatable bonds is 3. The molecule has 0 radical (unpaired) electrons. The maximum atomic E-state index is 13.0. The number of benzene rings is 1. The van der Waals surface area contributed by atoms with Crippen molar-refractivity contribution in [3.8, 4) is 0 Å². The van der Waals surface area contributed by atoms with Crippen molar-refractivity contribution >= 4 is 5.91 Å². The molecule has 3 unspecified atom stereocenters. The van der Waals surface area contributed by atoms with Gasteiger partial charge in [-0.3, -0.25) is 9.69 Å². The van der Waals surface area contributed by atoms with Crippen molar-refractivity contribution in [3.05, 3.63) is 35.4 Å². The largest absolute Gasteiger partial charge is 0.338 e. The SMILES string of the molecule is CN(CC(=O)N1CCCC2CCCCC21)C1CCc2ccccc21. The predicted octanol–water partition coefficient (Wildman–Crippen LogP) is 3.79. The topological polar surface area (TPSA) is 23.6 Å². The number of piperidine rings is 1. The summed E-state index contributed by atoms with van der Waals surface area (Å²) in [4.78, 5) is 17.5. The van der Waals surface area contributed by atoms with Crippen LogP contribution in [0.2, 0.25) is 0 Å². The molecule has 1 saturated heterocycles. The first-order valence-corrected chi connectivity index (χ1v) is 9.81. The van der Waals surface area contributed by atoms with Gasteiger partial charge < -0.3 is 4.90 Å². The molecule has 3 nitrogen and oxygen atoms in total. The average molecular weight is 326 g/mol. The minimum Gasteiger partial charge on any atom is -0.338 e. The van der Waals surface area contributed by atoms with E-state index in [-0.39, 0.29) is 0 Å². The molecule has 1 heterocycles. The van der Waals surface area contributed by atoms with Gasteiger partial charge in [0, 0.05) is 18.6 Å². The van der Waals surface area contributed by atoms with E-state index in [9.17, 15) is 4.79 Å². The smallest absolute Gasteiger partial charge is 0.237 e. The van der Waals surface area contributed by atoms with Gasteiger partial charge in [0.15, 0.2) is 0 Å². The minimum atomic E-state index is 0.360. The summed E-state index contributed by atoms with van der Waals surface area (Å²) in [6.07, 6.45) is 10.1. The summed E-state index contributed by atoms with van der Waals surface area (Å²) in [6.45, 7) is 1.55. The van der Waals surface area contributed by atoms with Crippen LogP contribution in [0.25, 0.3) is 0 Å². The lowest BCUT2D eigenvalue weighted by Crippen LogP contribution is -2.52. The van der Waals surface area contributed by atoms with E-state index in [4.69, 9.17) is 0 Å². The zero-order chi connectivity index (χ0) is 16.5. The highest BCUT2D eigenvalue weighted by Gasteiger charge is 2.36. The summed E-state index contributed by atoms with van der Waals surface area (Å²) in [5, 5.41) is 0. The number of hydrogen-bond acceptors (Lipinski definition) is 2. The first-order chi connectivity index (χ1) is 11.7. The summed E-state index contributed by atoms with van der Waals surface area (Å²) in [7, 11) is 2.13. The number of aryl methyl sites for hydroxylation is 1. The fraction of sp³-hybridized carbons (Fsp3) is 0.667. The van der Waals surface area contributed by atoms with E-state index >= 15 is 0 Å². The Morgan fingerprint density at radius 3 is 2.83 bits per heavy atom. The highest BCUT2D eigenvalue weighted by Crippen LogP contribution is 2.37. The van der Waals surface area contributed by atoms with Crippen LogP contribution in [0.4, 0.5) is 0 Å². The van der Waals surface area contributed by atoms with Crippen LogP contribution < -0.4 is 0 Å². The lowest BCUT2D eigenvalue weighted by molar-refractivity contribution is -0.139. The molecule has 1 aromatic carbocycles. The fourth-order valence-electron chi connectivity index (χ4n) is 5.34. The Hall–Kier alpha value is -1.35. The van der Waals surface area contributed by atoms with Gasteiger partial charge in [0.05, 0.1) is 6.54 Å². The second kappa shape index (κ2) is 6.87. The first-order valence-electron chi connectivity index (χ1n) is 9.81. The lowest BCUT2D eigenvalue weighted by Gasteiger charge is -2.44. The standard InChI is InChI=1S/C21H30N2O/c1-22(20-13-12-16-7-2-4-10-18(16)20)15-21(24)23-14-6-9-17-8-3-5-11-19(17)23/h2,4,7,10,17,19-20H,3,5-6,8-9,11-15H2,1H3. The third-order valence-corrected chi connectivity index (χ3v) is 6.58. The molecule has 1 amide bonds. The molecule has 0 aromatic heterocycles. The summed E-state index contributed by atoms with van der Waals surface area (Å²) in [5.41, 5.74) is 2.90. The van der Waals surface area contributed by atoms with E-state index in [1.54, 1.807) is 0 Å². The molecule has 0 spiro atoms. The van der Waals surface area contributed by atoms with Crippen molar-refractivity contribution in [2.75, 3.05) is 20.1 Å². The van der Waals surface area contributed by atoms with Crippen molar-refractivity contribution in [2.45, 2.75) is 63.5 Å². The number of carbonyl (C=O) groups excluding carboxylic acids is 1. The summed E-state index contributed by atoms with van der Waals surface area (Å²) >= 11 is 0. The second-order valence-corrected chi connectivity index (χ2v) is 8.01. The second-order valence-electron chi connectivity index (χ2n) is 8.01. The van der Waals surface area contributed by atoms with Crippen molar-refractivity contribution < 1.29 is 4.79 Å². The number of likely N-dealkylation sites (N-methyl/N-ethyl adjacent to an activating group) is 1. The number of hydrogen-bond donors (Lipinski definition) is 0. The Labute approximate surface area is 146 Å². The van der Waals surface area contributed by atoms with Gasteiger partial charge in [0.2, 0.25) is 5.91 Å². The molecule has 24 heavy (non-hydrogen) atoms. The third-order valence-electron chi connectivity index (χ3n) is 6.58.